The second kappa shape index (κ2) is 3.96. The molecule has 0 aromatic heterocycles. The first-order valence-corrected chi connectivity index (χ1v) is 5.93. The molecule has 15 heavy (non-hydrogen) atoms. The summed E-state index contributed by atoms with van der Waals surface area (Å²) in [6.45, 7) is 4.10. The van der Waals surface area contributed by atoms with E-state index in [-0.39, 0.29) is 5.92 Å². The molecule has 0 radical (unpaired) electrons. The summed E-state index contributed by atoms with van der Waals surface area (Å²) < 4.78 is 14.8. The predicted octanol–water partition coefficient (Wildman–Crippen LogP) is 4.37. The van der Waals surface area contributed by atoms with Crippen molar-refractivity contribution in [1.29, 1.82) is 0 Å². The summed E-state index contributed by atoms with van der Waals surface area (Å²) >= 11 is 0. The molecule has 1 aliphatic rings. The maximum Gasteiger partial charge on any atom is 0.138 e. The molecule has 82 valence electrons. The van der Waals surface area contributed by atoms with E-state index in [0.29, 0.717) is 6.42 Å². The van der Waals surface area contributed by atoms with Crippen LogP contribution in [0.3, 0.4) is 0 Å². The highest BCUT2D eigenvalue weighted by atomic mass is 19.1. The molecule has 1 fully saturated rings. The minimum atomic E-state index is -1.05. The van der Waals surface area contributed by atoms with Crippen LogP contribution in [-0.2, 0) is 5.67 Å². The van der Waals surface area contributed by atoms with Gasteiger partial charge >= 0.3 is 0 Å². The third-order valence-corrected chi connectivity index (χ3v) is 3.37. The fraction of sp³-hybridized carbons (Fsp3) is 0.571. The fourth-order valence-electron chi connectivity index (χ4n) is 2.32. The molecule has 1 heteroatoms. The van der Waals surface area contributed by atoms with Crippen molar-refractivity contribution in [3.05, 3.63) is 35.4 Å². The SMILES string of the molecule is CCCC(F)(c1ccc(C)cc1)C1CC1. The van der Waals surface area contributed by atoms with Crippen LogP contribution in [0.5, 0.6) is 0 Å². The zero-order valence-corrected chi connectivity index (χ0v) is 9.59. The van der Waals surface area contributed by atoms with Crippen LogP contribution in [0.1, 0.15) is 43.7 Å². The summed E-state index contributed by atoms with van der Waals surface area (Å²) in [5, 5.41) is 0. The van der Waals surface area contributed by atoms with Gasteiger partial charge in [0.15, 0.2) is 0 Å². The molecular formula is C14H19F. The van der Waals surface area contributed by atoms with Gasteiger partial charge in [-0.1, -0.05) is 43.2 Å². The van der Waals surface area contributed by atoms with E-state index in [4.69, 9.17) is 0 Å². The molecule has 0 N–H and O–H groups in total. The Hall–Kier alpha value is -0.850. The number of aryl methyl sites for hydroxylation is 1. The lowest BCUT2D eigenvalue weighted by Gasteiger charge is -2.25. The van der Waals surface area contributed by atoms with Gasteiger partial charge in [-0.05, 0) is 37.7 Å². The molecule has 0 spiro atoms. The van der Waals surface area contributed by atoms with Gasteiger partial charge in [-0.2, -0.15) is 0 Å². The van der Waals surface area contributed by atoms with Gasteiger partial charge in [-0.15, -0.1) is 0 Å². The van der Waals surface area contributed by atoms with Gasteiger partial charge in [0.25, 0.3) is 0 Å². The third kappa shape index (κ3) is 2.06. The average Bonchev–Trinajstić information content (AvgIpc) is 3.02. The van der Waals surface area contributed by atoms with Crippen LogP contribution in [0.15, 0.2) is 24.3 Å². The highest BCUT2D eigenvalue weighted by Gasteiger charge is 2.46. The normalized spacial score (nSPS) is 19.9. The van der Waals surface area contributed by atoms with E-state index in [1.807, 2.05) is 31.2 Å². The number of benzene rings is 1. The van der Waals surface area contributed by atoms with Crippen LogP contribution < -0.4 is 0 Å². The molecule has 0 bridgehead atoms. The Bertz CT molecular complexity index is 324. The molecule has 0 nitrogen and oxygen atoms in total. The van der Waals surface area contributed by atoms with Gasteiger partial charge in [0.2, 0.25) is 0 Å². The lowest BCUT2D eigenvalue weighted by molar-refractivity contribution is 0.118. The van der Waals surface area contributed by atoms with Gasteiger partial charge in [0.05, 0.1) is 0 Å². The maximum atomic E-state index is 14.8. The minimum absolute atomic E-state index is 0.278. The van der Waals surface area contributed by atoms with Crippen molar-refractivity contribution in [2.75, 3.05) is 0 Å². The molecular weight excluding hydrogens is 187 g/mol. The van der Waals surface area contributed by atoms with Crippen LogP contribution in [-0.4, -0.2) is 0 Å². The van der Waals surface area contributed by atoms with Crippen molar-refractivity contribution in [3.63, 3.8) is 0 Å². The summed E-state index contributed by atoms with van der Waals surface area (Å²) in [4.78, 5) is 0. The van der Waals surface area contributed by atoms with E-state index in [2.05, 4.69) is 6.92 Å². The molecule has 1 atom stereocenters. The summed E-state index contributed by atoms with van der Waals surface area (Å²) in [6.07, 6.45) is 3.70. The highest BCUT2D eigenvalue weighted by molar-refractivity contribution is 5.28. The minimum Gasteiger partial charge on any atom is -0.238 e. The summed E-state index contributed by atoms with van der Waals surface area (Å²) in [6, 6.07) is 7.95. The van der Waals surface area contributed by atoms with Crippen molar-refractivity contribution in [2.24, 2.45) is 5.92 Å². The second-order valence-electron chi connectivity index (χ2n) is 4.75. The predicted molar refractivity (Wildman–Crippen MR) is 61.6 cm³/mol. The Labute approximate surface area is 91.5 Å². The Morgan fingerprint density at radius 3 is 2.33 bits per heavy atom. The smallest absolute Gasteiger partial charge is 0.138 e. The van der Waals surface area contributed by atoms with E-state index >= 15 is 0 Å². The number of halogens is 1. The number of hydrogen-bond donors (Lipinski definition) is 0. The van der Waals surface area contributed by atoms with Crippen LogP contribution in [0.2, 0.25) is 0 Å². The summed E-state index contributed by atoms with van der Waals surface area (Å²) in [7, 11) is 0. The van der Waals surface area contributed by atoms with E-state index in [9.17, 15) is 4.39 Å². The Balaban J connectivity index is 2.27. The van der Waals surface area contributed by atoms with E-state index in [1.165, 1.54) is 5.56 Å². The van der Waals surface area contributed by atoms with Crippen LogP contribution in [0.4, 0.5) is 4.39 Å². The maximum absolute atomic E-state index is 14.8. The molecule has 1 saturated carbocycles. The number of hydrogen-bond acceptors (Lipinski definition) is 0. The fourth-order valence-corrected chi connectivity index (χ4v) is 2.32. The largest absolute Gasteiger partial charge is 0.238 e. The van der Waals surface area contributed by atoms with Crippen molar-refractivity contribution >= 4 is 0 Å². The zero-order chi connectivity index (χ0) is 10.9. The zero-order valence-electron chi connectivity index (χ0n) is 9.59. The lowest BCUT2D eigenvalue weighted by Crippen LogP contribution is -2.22. The molecule has 0 aliphatic heterocycles. The Kier molecular flexibility index (Phi) is 2.81. The Morgan fingerprint density at radius 1 is 1.27 bits per heavy atom. The van der Waals surface area contributed by atoms with E-state index in [1.54, 1.807) is 0 Å². The van der Waals surface area contributed by atoms with Crippen molar-refractivity contribution < 1.29 is 4.39 Å². The molecule has 0 saturated heterocycles. The molecule has 1 aromatic rings. The van der Waals surface area contributed by atoms with Crippen molar-refractivity contribution in [1.82, 2.24) is 0 Å². The average molecular weight is 206 g/mol. The number of alkyl halides is 1. The first-order valence-electron chi connectivity index (χ1n) is 5.93. The van der Waals surface area contributed by atoms with Crippen molar-refractivity contribution in [3.8, 4) is 0 Å². The molecule has 2 rings (SSSR count). The standard InChI is InChI=1S/C14H19F/c1-3-10-14(15,13-8-9-13)12-6-4-11(2)5-7-12/h4-7,13H,3,8-10H2,1-2H3. The van der Waals surface area contributed by atoms with Crippen LogP contribution in [0, 0.1) is 12.8 Å². The van der Waals surface area contributed by atoms with Gasteiger partial charge in [0, 0.05) is 0 Å². The van der Waals surface area contributed by atoms with Gasteiger partial charge in [-0.3, -0.25) is 0 Å². The molecule has 0 heterocycles. The monoisotopic (exact) mass is 206 g/mol. The Morgan fingerprint density at radius 2 is 1.87 bits per heavy atom. The quantitative estimate of drug-likeness (QED) is 0.686. The van der Waals surface area contributed by atoms with Gasteiger partial charge in [0.1, 0.15) is 5.67 Å². The van der Waals surface area contributed by atoms with Crippen LogP contribution in [0.25, 0.3) is 0 Å². The van der Waals surface area contributed by atoms with Crippen LogP contribution >= 0.6 is 0 Å². The molecule has 0 amide bonds. The summed E-state index contributed by atoms with van der Waals surface area (Å²) in [5.74, 6) is 0.278. The number of rotatable bonds is 4. The summed E-state index contributed by atoms with van der Waals surface area (Å²) in [5.41, 5.74) is 1.04. The third-order valence-electron chi connectivity index (χ3n) is 3.37. The second-order valence-corrected chi connectivity index (χ2v) is 4.75. The highest BCUT2D eigenvalue weighted by Crippen LogP contribution is 2.51. The van der Waals surface area contributed by atoms with E-state index in [0.717, 1.165) is 24.8 Å². The lowest BCUT2D eigenvalue weighted by atomic mass is 9.86. The van der Waals surface area contributed by atoms with Crippen molar-refractivity contribution in [2.45, 2.75) is 45.2 Å². The molecule has 1 unspecified atom stereocenters. The first kappa shape index (κ1) is 10.7. The first-order chi connectivity index (χ1) is 7.16. The van der Waals surface area contributed by atoms with E-state index < -0.39 is 5.67 Å². The molecule has 1 aliphatic carbocycles. The van der Waals surface area contributed by atoms with Gasteiger partial charge < -0.3 is 0 Å². The van der Waals surface area contributed by atoms with Gasteiger partial charge in [-0.25, -0.2) is 4.39 Å². The topological polar surface area (TPSA) is 0 Å². The molecule has 1 aromatic carbocycles.